The largest absolute Gasteiger partial charge is 0.396 e. The summed E-state index contributed by atoms with van der Waals surface area (Å²) in [6.07, 6.45) is 0.386. The summed E-state index contributed by atoms with van der Waals surface area (Å²) in [5.41, 5.74) is 4.38. The van der Waals surface area contributed by atoms with Gasteiger partial charge < -0.3 is 10.4 Å². The molecule has 5 nitrogen and oxygen atoms in total. The molecule has 0 saturated heterocycles. The van der Waals surface area contributed by atoms with Gasteiger partial charge in [-0.2, -0.15) is 0 Å². The molecule has 25 heavy (non-hydrogen) atoms. The van der Waals surface area contributed by atoms with E-state index in [-0.39, 0.29) is 29.5 Å². The number of amides is 1. The summed E-state index contributed by atoms with van der Waals surface area (Å²) in [6.45, 7) is 2.03. The summed E-state index contributed by atoms with van der Waals surface area (Å²) in [6, 6.07) is 8.13. The van der Waals surface area contributed by atoms with Gasteiger partial charge in [0, 0.05) is 15.9 Å². The van der Waals surface area contributed by atoms with Gasteiger partial charge in [0.15, 0.2) is 0 Å². The molecule has 0 unspecified atom stereocenters. The van der Waals surface area contributed by atoms with Crippen molar-refractivity contribution in [3.63, 3.8) is 0 Å². The number of anilines is 2. The molecular formula is C17H17ClFIN2O3. The first-order chi connectivity index (χ1) is 11.9. The zero-order valence-electron chi connectivity index (χ0n) is 13.4. The number of aliphatic hydroxyl groups excluding tert-OH is 1. The van der Waals surface area contributed by atoms with Crippen molar-refractivity contribution in [1.29, 1.82) is 0 Å². The maximum absolute atomic E-state index is 13.9. The van der Waals surface area contributed by atoms with Crippen LogP contribution in [0.25, 0.3) is 0 Å². The lowest BCUT2D eigenvalue weighted by Crippen LogP contribution is -2.25. The van der Waals surface area contributed by atoms with Crippen molar-refractivity contribution in [3.8, 4) is 0 Å². The molecule has 0 aliphatic rings. The molecule has 8 heteroatoms. The van der Waals surface area contributed by atoms with E-state index in [2.05, 4.69) is 33.4 Å². The van der Waals surface area contributed by atoms with E-state index in [0.29, 0.717) is 6.42 Å². The number of aliphatic hydroxyl groups is 1. The number of hydroxylamine groups is 1. The Morgan fingerprint density at radius 2 is 2.08 bits per heavy atom. The molecule has 2 aromatic rings. The summed E-state index contributed by atoms with van der Waals surface area (Å²) < 4.78 is 14.9. The normalized spacial score (nSPS) is 10.6. The fourth-order valence-electron chi connectivity index (χ4n) is 2.06. The van der Waals surface area contributed by atoms with Gasteiger partial charge in [-0.25, -0.2) is 9.87 Å². The van der Waals surface area contributed by atoms with Gasteiger partial charge in [0.25, 0.3) is 5.91 Å². The smallest absolute Gasteiger partial charge is 0.277 e. The number of carbonyl (C=O) groups is 1. The van der Waals surface area contributed by atoms with Gasteiger partial charge in [-0.15, -0.1) is 0 Å². The van der Waals surface area contributed by atoms with E-state index in [9.17, 15) is 9.18 Å². The molecule has 0 aromatic heterocycles. The molecule has 3 N–H and O–H groups in total. The van der Waals surface area contributed by atoms with Gasteiger partial charge in [0.1, 0.15) is 5.82 Å². The molecular weight excluding hydrogens is 462 g/mol. The molecule has 0 spiro atoms. The summed E-state index contributed by atoms with van der Waals surface area (Å²) in [4.78, 5) is 17.3. The molecule has 0 heterocycles. The molecule has 0 atom stereocenters. The Kier molecular flexibility index (Phi) is 7.42. The summed E-state index contributed by atoms with van der Waals surface area (Å²) in [5.74, 6) is -1.20. The van der Waals surface area contributed by atoms with Crippen molar-refractivity contribution >= 4 is 51.5 Å². The minimum absolute atomic E-state index is 0.0445. The number of benzene rings is 2. The van der Waals surface area contributed by atoms with Gasteiger partial charge >= 0.3 is 0 Å². The highest BCUT2D eigenvalue weighted by Gasteiger charge is 2.16. The molecule has 134 valence electrons. The van der Waals surface area contributed by atoms with E-state index in [1.165, 1.54) is 12.1 Å². The van der Waals surface area contributed by atoms with Crippen molar-refractivity contribution in [2.45, 2.75) is 13.3 Å². The van der Waals surface area contributed by atoms with Crippen LogP contribution < -0.4 is 10.8 Å². The molecule has 0 bridgehead atoms. The van der Waals surface area contributed by atoms with E-state index < -0.39 is 11.7 Å². The van der Waals surface area contributed by atoms with Crippen LogP contribution in [-0.4, -0.2) is 24.2 Å². The minimum atomic E-state index is -0.634. The summed E-state index contributed by atoms with van der Waals surface area (Å²) in [7, 11) is 0. The van der Waals surface area contributed by atoms with E-state index in [4.69, 9.17) is 21.5 Å². The second-order valence-electron chi connectivity index (χ2n) is 5.25. The third-order valence-corrected chi connectivity index (χ3v) is 4.29. The monoisotopic (exact) mass is 478 g/mol. The van der Waals surface area contributed by atoms with Crippen LogP contribution in [0.2, 0.25) is 5.02 Å². The zero-order valence-corrected chi connectivity index (χ0v) is 16.3. The number of hydrogen-bond acceptors (Lipinski definition) is 4. The van der Waals surface area contributed by atoms with Crippen LogP contribution in [0.15, 0.2) is 30.3 Å². The van der Waals surface area contributed by atoms with Crippen molar-refractivity contribution in [2.24, 2.45) is 0 Å². The average molecular weight is 479 g/mol. The number of hydrogen-bond donors (Lipinski definition) is 3. The first-order valence-corrected chi connectivity index (χ1v) is 8.93. The van der Waals surface area contributed by atoms with E-state index >= 15 is 0 Å². The maximum Gasteiger partial charge on any atom is 0.277 e. The summed E-state index contributed by atoms with van der Waals surface area (Å²) >= 11 is 8.01. The van der Waals surface area contributed by atoms with Crippen LogP contribution in [0.4, 0.5) is 15.8 Å². The highest BCUT2D eigenvalue weighted by molar-refractivity contribution is 14.1. The first kappa shape index (κ1) is 19.9. The topological polar surface area (TPSA) is 70.6 Å². The van der Waals surface area contributed by atoms with E-state index in [1.807, 2.05) is 25.1 Å². The fraction of sp³-hybridized carbons (Fsp3) is 0.235. The molecule has 2 aromatic carbocycles. The molecule has 1 amide bonds. The van der Waals surface area contributed by atoms with Crippen molar-refractivity contribution in [1.82, 2.24) is 5.48 Å². The average Bonchev–Trinajstić information content (AvgIpc) is 2.57. The Labute approximate surface area is 163 Å². The van der Waals surface area contributed by atoms with Gasteiger partial charge in [-0.1, -0.05) is 11.6 Å². The molecule has 0 saturated carbocycles. The Morgan fingerprint density at radius 1 is 1.32 bits per heavy atom. The van der Waals surface area contributed by atoms with Crippen molar-refractivity contribution in [2.75, 3.05) is 18.5 Å². The van der Waals surface area contributed by atoms with Gasteiger partial charge in [-0.05, 0) is 71.8 Å². The number of carbonyl (C=O) groups excluding carboxylic acids is 1. The van der Waals surface area contributed by atoms with Crippen LogP contribution in [0, 0.1) is 16.3 Å². The van der Waals surface area contributed by atoms with Crippen molar-refractivity contribution < 1.29 is 19.1 Å². The van der Waals surface area contributed by atoms with Gasteiger partial charge in [-0.3, -0.25) is 9.63 Å². The SMILES string of the molecule is Cc1cc(I)ccc1Nc1cc(F)c(Cl)cc1C(=O)NOCCCO. The van der Waals surface area contributed by atoms with E-state index in [1.54, 1.807) is 0 Å². The second kappa shape index (κ2) is 9.33. The van der Waals surface area contributed by atoms with Gasteiger partial charge in [0.05, 0.1) is 22.9 Å². The number of aryl methyl sites for hydroxylation is 1. The van der Waals surface area contributed by atoms with Crippen LogP contribution >= 0.6 is 34.2 Å². The summed E-state index contributed by atoms with van der Waals surface area (Å²) in [5, 5.41) is 11.6. The lowest BCUT2D eigenvalue weighted by atomic mass is 10.1. The minimum Gasteiger partial charge on any atom is -0.396 e. The Bertz CT molecular complexity index is 774. The molecule has 0 aliphatic heterocycles. The Hall–Kier alpha value is -1.42. The lowest BCUT2D eigenvalue weighted by Gasteiger charge is -2.15. The van der Waals surface area contributed by atoms with Crippen LogP contribution in [0.1, 0.15) is 22.3 Å². The molecule has 0 radical (unpaired) electrons. The van der Waals surface area contributed by atoms with Crippen LogP contribution in [0.3, 0.4) is 0 Å². The molecule has 0 aliphatic carbocycles. The van der Waals surface area contributed by atoms with Crippen LogP contribution in [0.5, 0.6) is 0 Å². The Balaban J connectivity index is 2.26. The van der Waals surface area contributed by atoms with Crippen LogP contribution in [-0.2, 0) is 4.84 Å². The predicted molar refractivity (Wildman–Crippen MR) is 104 cm³/mol. The zero-order chi connectivity index (χ0) is 18.4. The fourth-order valence-corrected chi connectivity index (χ4v) is 2.87. The number of nitrogens with one attached hydrogen (secondary N) is 2. The third-order valence-electron chi connectivity index (χ3n) is 3.33. The lowest BCUT2D eigenvalue weighted by molar-refractivity contribution is 0.0262. The number of rotatable bonds is 7. The van der Waals surface area contributed by atoms with Crippen molar-refractivity contribution in [3.05, 3.63) is 55.9 Å². The highest BCUT2D eigenvalue weighted by atomic mass is 127. The maximum atomic E-state index is 13.9. The van der Waals surface area contributed by atoms with Gasteiger partial charge in [0.2, 0.25) is 0 Å². The molecule has 0 fully saturated rings. The standard InChI is InChI=1S/C17H17ClFIN2O3/c1-10-7-11(20)3-4-15(10)21-16-9-14(19)13(18)8-12(16)17(24)22-25-6-2-5-23/h3-4,7-9,21,23H,2,5-6H2,1H3,(H,22,24). The van der Waals surface area contributed by atoms with E-state index in [0.717, 1.165) is 14.8 Å². The number of halogens is 3. The predicted octanol–water partition coefficient (Wildman–Crippen LogP) is 4.18. The second-order valence-corrected chi connectivity index (χ2v) is 6.91. The quantitative estimate of drug-likeness (QED) is 0.317. The highest BCUT2D eigenvalue weighted by Crippen LogP contribution is 2.29. The third kappa shape index (κ3) is 5.53. The first-order valence-electron chi connectivity index (χ1n) is 7.47. The Morgan fingerprint density at radius 3 is 2.76 bits per heavy atom. The molecule has 2 rings (SSSR count).